The van der Waals surface area contributed by atoms with Gasteiger partial charge in [0.2, 0.25) is 0 Å². The van der Waals surface area contributed by atoms with Gasteiger partial charge in [0.1, 0.15) is 0 Å². The van der Waals surface area contributed by atoms with Crippen LogP contribution in [0.15, 0.2) is 0 Å². The molecule has 1 aliphatic carbocycles. The van der Waals surface area contributed by atoms with E-state index in [1.807, 2.05) is 0 Å². The molecule has 0 aromatic rings. The maximum absolute atomic E-state index is 9.59. The number of aliphatic hydroxyl groups excluding tert-OH is 1. The molecule has 3 heteroatoms. The van der Waals surface area contributed by atoms with Crippen LogP contribution in [0.25, 0.3) is 0 Å². The largest absolute Gasteiger partial charge is 0.394 e. The Kier molecular flexibility index (Phi) is 8.08. The van der Waals surface area contributed by atoms with Crippen molar-refractivity contribution in [3.63, 3.8) is 0 Å². The Morgan fingerprint density at radius 2 is 2.00 bits per heavy atom. The molecule has 0 saturated heterocycles. The minimum absolute atomic E-state index is 0.0606. The van der Waals surface area contributed by atoms with Crippen LogP contribution in [-0.4, -0.2) is 47.8 Å². The second-order valence-electron chi connectivity index (χ2n) is 7.00. The highest BCUT2D eigenvalue weighted by Crippen LogP contribution is 2.25. The lowest BCUT2D eigenvalue weighted by molar-refractivity contribution is 0.158. The molecule has 0 aromatic heterocycles. The molecule has 3 nitrogen and oxygen atoms in total. The van der Waals surface area contributed by atoms with E-state index >= 15 is 0 Å². The quantitative estimate of drug-likeness (QED) is 0.541. The molecule has 0 aromatic carbocycles. The van der Waals surface area contributed by atoms with Gasteiger partial charge in [-0.15, -0.1) is 0 Å². The Hall–Kier alpha value is -0.120. The molecule has 20 heavy (non-hydrogen) atoms. The van der Waals surface area contributed by atoms with Crippen LogP contribution < -0.4 is 5.32 Å². The van der Waals surface area contributed by atoms with Gasteiger partial charge >= 0.3 is 0 Å². The van der Waals surface area contributed by atoms with Crippen LogP contribution in [-0.2, 0) is 0 Å². The third kappa shape index (κ3) is 7.05. The zero-order valence-corrected chi connectivity index (χ0v) is 14.1. The average Bonchev–Trinajstić information content (AvgIpc) is 3.25. The lowest BCUT2D eigenvalue weighted by atomic mass is 9.95. The Morgan fingerprint density at radius 1 is 1.30 bits per heavy atom. The van der Waals surface area contributed by atoms with E-state index in [-0.39, 0.29) is 12.1 Å². The maximum atomic E-state index is 9.59. The van der Waals surface area contributed by atoms with Crippen LogP contribution >= 0.6 is 0 Å². The summed E-state index contributed by atoms with van der Waals surface area (Å²) in [5, 5.41) is 13.2. The van der Waals surface area contributed by atoms with Crippen molar-refractivity contribution < 1.29 is 5.11 Å². The van der Waals surface area contributed by atoms with Crippen LogP contribution in [0.3, 0.4) is 0 Å². The van der Waals surface area contributed by atoms with Gasteiger partial charge in [-0.2, -0.15) is 0 Å². The highest BCUT2D eigenvalue weighted by Gasteiger charge is 2.31. The molecule has 0 amide bonds. The molecule has 1 saturated carbocycles. The first-order valence-corrected chi connectivity index (χ1v) is 8.64. The van der Waals surface area contributed by atoms with Gasteiger partial charge in [0, 0.05) is 18.1 Å². The highest BCUT2D eigenvalue weighted by molar-refractivity contribution is 4.92. The van der Waals surface area contributed by atoms with Crippen molar-refractivity contribution in [2.45, 2.75) is 77.8 Å². The highest BCUT2D eigenvalue weighted by atomic mass is 16.3. The topological polar surface area (TPSA) is 35.5 Å². The zero-order chi connectivity index (χ0) is 15.0. The molecule has 120 valence electrons. The summed E-state index contributed by atoms with van der Waals surface area (Å²) in [6.45, 7) is 12.9. The standard InChI is InChI=1S/C17H36N2O/c1-5-15(3)13-19(6-2)12-8-7-11-17(4,14-20)18-16-9-10-16/h15-16,18,20H,5-14H2,1-4H3. The molecule has 1 rings (SSSR count). The van der Waals surface area contributed by atoms with E-state index < -0.39 is 0 Å². The summed E-state index contributed by atoms with van der Waals surface area (Å²) in [5.41, 5.74) is -0.0606. The average molecular weight is 284 g/mol. The third-order valence-corrected chi connectivity index (χ3v) is 4.65. The monoisotopic (exact) mass is 284 g/mol. The second kappa shape index (κ2) is 9.01. The van der Waals surface area contributed by atoms with Crippen LogP contribution in [0.5, 0.6) is 0 Å². The molecular formula is C17H36N2O. The van der Waals surface area contributed by atoms with E-state index in [0.717, 1.165) is 18.9 Å². The minimum atomic E-state index is -0.0606. The zero-order valence-electron chi connectivity index (χ0n) is 14.1. The first kappa shape index (κ1) is 17.9. The van der Waals surface area contributed by atoms with Gasteiger partial charge in [0.05, 0.1) is 6.61 Å². The Labute approximate surface area is 126 Å². The summed E-state index contributed by atoms with van der Waals surface area (Å²) in [5.74, 6) is 0.800. The molecule has 2 unspecified atom stereocenters. The second-order valence-corrected chi connectivity index (χ2v) is 7.00. The summed E-state index contributed by atoms with van der Waals surface area (Å²) in [7, 11) is 0. The number of hydrogen-bond donors (Lipinski definition) is 2. The van der Waals surface area contributed by atoms with Gasteiger partial charge in [0.25, 0.3) is 0 Å². The van der Waals surface area contributed by atoms with Crippen molar-refractivity contribution in [2.75, 3.05) is 26.2 Å². The molecule has 1 fully saturated rings. The summed E-state index contributed by atoms with van der Waals surface area (Å²) in [6, 6.07) is 0.671. The Morgan fingerprint density at radius 3 is 2.50 bits per heavy atom. The molecule has 0 bridgehead atoms. The molecule has 0 aliphatic heterocycles. The van der Waals surface area contributed by atoms with Gasteiger partial charge in [-0.3, -0.25) is 0 Å². The van der Waals surface area contributed by atoms with Gasteiger partial charge in [-0.25, -0.2) is 0 Å². The molecule has 2 N–H and O–H groups in total. The predicted octanol–water partition coefficient (Wildman–Crippen LogP) is 3.03. The van der Waals surface area contributed by atoms with Gasteiger partial charge in [-0.1, -0.05) is 33.6 Å². The lowest BCUT2D eigenvalue weighted by Gasteiger charge is -2.30. The fourth-order valence-corrected chi connectivity index (χ4v) is 2.72. The molecule has 1 aliphatic rings. The smallest absolute Gasteiger partial charge is 0.0610 e. The van der Waals surface area contributed by atoms with Crippen molar-refractivity contribution >= 4 is 0 Å². The Bertz CT molecular complexity index is 255. The molecule has 0 radical (unpaired) electrons. The Balaban J connectivity index is 2.17. The number of aliphatic hydroxyl groups is 1. The first-order valence-electron chi connectivity index (χ1n) is 8.64. The fourth-order valence-electron chi connectivity index (χ4n) is 2.72. The first-order chi connectivity index (χ1) is 9.53. The number of rotatable bonds is 12. The van der Waals surface area contributed by atoms with E-state index in [0.29, 0.717) is 6.04 Å². The minimum Gasteiger partial charge on any atom is -0.394 e. The van der Waals surface area contributed by atoms with E-state index in [4.69, 9.17) is 0 Å². The summed E-state index contributed by atoms with van der Waals surface area (Å²) in [4.78, 5) is 2.57. The number of nitrogens with zero attached hydrogens (tertiary/aromatic N) is 1. The van der Waals surface area contributed by atoms with Crippen molar-refractivity contribution in [3.05, 3.63) is 0 Å². The summed E-state index contributed by atoms with van der Waals surface area (Å²) >= 11 is 0. The van der Waals surface area contributed by atoms with E-state index in [1.165, 1.54) is 45.2 Å². The van der Waals surface area contributed by atoms with Crippen molar-refractivity contribution in [3.8, 4) is 0 Å². The summed E-state index contributed by atoms with van der Waals surface area (Å²) < 4.78 is 0. The molecule has 0 spiro atoms. The third-order valence-electron chi connectivity index (χ3n) is 4.65. The van der Waals surface area contributed by atoms with Gasteiger partial charge in [-0.05, 0) is 51.6 Å². The molecule has 2 atom stereocenters. The molecular weight excluding hydrogens is 248 g/mol. The van der Waals surface area contributed by atoms with Crippen molar-refractivity contribution in [2.24, 2.45) is 5.92 Å². The van der Waals surface area contributed by atoms with Crippen LogP contribution in [0, 0.1) is 5.92 Å². The lowest BCUT2D eigenvalue weighted by Crippen LogP contribution is -2.47. The maximum Gasteiger partial charge on any atom is 0.0610 e. The predicted molar refractivity (Wildman–Crippen MR) is 87.1 cm³/mol. The van der Waals surface area contributed by atoms with Crippen LogP contribution in [0.2, 0.25) is 0 Å². The number of unbranched alkanes of at least 4 members (excludes halogenated alkanes) is 1. The van der Waals surface area contributed by atoms with Gasteiger partial charge in [0.15, 0.2) is 0 Å². The van der Waals surface area contributed by atoms with Crippen LogP contribution in [0.4, 0.5) is 0 Å². The number of hydrogen-bond acceptors (Lipinski definition) is 3. The van der Waals surface area contributed by atoms with Crippen molar-refractivity contribution in [1.29, 1.82) is 0 Å². The van der Waals surface area contributed by atoms with E-state index in [2.05, 4.69) is 37.9 Å². The normalized spacial score (nSPS) is 20.1. The van der Waals surface area contributed by atoms with Crippen LogP contribution in [0.1, 0.15) is 66.2 Å². The van der Waals surface area contributed by atoms with Gasteiger partial charge < -0.3 is 15.3 Å². The van der Waals surface area contributed by atoms with E-state index in [9.17, 15) is 5.11 Å². The fraction of sp³-hybridized carbons (Fsp3) is 1.00. The van der Waals surface area contributed by atoms with E-state index in [1.54, 1.807) is 0 Å². The molecule has 0 heterocycles. The summed E-state index contributed by atoms with van der Waals surface area (Å²) in [6.07, 6.45) is 7.37. The van der Waals surface area contributed by atoms with Crippen molar-refractivity contribution in [1.82, 2.24) is 10.2 Å². The number of nitrogens with one attached hydrogen (secondary N) is 1. The SMILES string of the molecule is CCC(C)CN(CC)CCCCC(C)(CO)NC1CC1.